The first-order valence-corrected chi connectivity index (χ1v) is 13.6. The van der Waals surface area contributed by atoms with Gasteiger partial charge in [0.25, 0.3) is 5.91 Å². The molecule has 3 aliphatic heterocycles. The largest absolute Gasteiger partial charge is 0.493 e. The third-order valence-corrected chi connectivity index (χ3v) is 8.23. The Labute approximate surface area is 229 Å². The Morgan fingerprint density at radius 1 is 1.18 bits per heavy atom. The number of nitrogens with one attached hydrogen (secondary N) is 3. The average Bonchev–Trinajstić information content (AvgIpc) is 2.91. The van der Waals surface area contributed by atoms with E-state index in [0.717, 1.165) is 18.4 Å². The number of carbonyl (C=O) groups excluding carboxylic acids is 2. The van der Waals surface area contributed by atoms with Gasteiger partial charge in [0.2, 0.25) is 5.91 Å². The number of fused-ring (bicyclic) bond motifs is 2. The summed E-state index contributed by atoms with van der Waals surface area (Å²) in [4.78, 5) is 28.4. The van der Waals surface area contributed by atoms with Crippen LogP contribution in [0.4, 0.5) is 0 Å². The highest BCUT2D eigenvalue weighted by atomic mass is 16.5. The quantitative estimate of drug-likeness (QED) is 0.514. The summed E-state index contributed by atoms with van der Waals surface area (Å²) in [6, 6.07) is 11.9. The van der Waals surface area contributed by atoms with Crippen molar-refractivity contribution < 1.29 is 19.1 Å². The summed E-state index contributed by atoms with van der Waals surface area (Å²) in [5.41, 5.74) is 1.53. The van der Waals surface area contributed by atoms with Gasteiger partial charge in [-0.2, -0.15) is 5.26 Å². The van der Waals surface area contributed by atoms with E-state index in [1.54, 1.807) is 36.4 Å². The number of rotatable bonds is 5. The summed E-state index contributed by atoms with van der Waals surface area (Å²) >= 11 is 0. The van der Waals surface area contributed by atoms with Crippen LogP contribution in [0.1, 0.15) is 98.9 Å². The fourth-order valence-corrected chi connectivity index (χ4v) is 5.94. The molecule has 0 aliphatic carbocycles. The molecule has 0 aromatic heterocycles. The number of hydrogen-bond acceptors (Lipinski definition) is 6. The van der Waals surface area contributed by atoms with E-state index in [2.05, 4.69) is 16.7 Å². The average molecular weight is 530 g/mol. The van der Waals surface area contributed by atoms with E-state index in [9.17, 15) is 14.9 Å². The van der Waals surface area contributed by atoms with Crippen molar-refractivity contribution in [2.45, 2.75) is 83.0 Å². The second-order valence-electron chi connectivity index (χ2n) is 11.3. The molecule has 5 rings (SSSR count). The van der Waals surface area contributed by atoms with Gasteiger partial charge in [-0.25, -0.2) is 0 Å². The molecule has 39 heavy (non-hydrogen) atoms. The van der Waals surface area contributed by atoms with Crippen LogP contribution in [0.5, 0.6) is 11.5 Å². The molecular formula is C30H35N5O4. The maximum Gasteiger partial charge on any atom is 0.251 e. The first-order valence-electron chi connectivity index (χ1n) is 13.6. The predicted octanol–water partition coefficient (Wildman–Crippen LogP) is 4.73. The first kappa shape index (κ1) is 26.5. The third kappa shape index (κ3) is 4.91. The highest BCUT2D eigenvalue weighted by molar-refractivity contribution is 6.00. The second kappa shape index (κ2) is 9.92. The van der Waals surface area contributed by atoms with Gasteiger partial charge < -0.3 is 20.1 Å². The molecule has 3 N–H and O–H groups in total. The highest BCUT2D eigenvalue weighted by Crippen LogP contribution is 2.41. The minimum atomic E-state index is -0.498. The van der Waals surface area contributed by atoms with E-state index in [1.165, 1.54) is 4.90 Å². The number of benzene rings is 2. The van der Waals surface area contributed by atoms with E-state index in [1.807, 2.05) is 27.7 Å². The SMILES string of the molecule is CCC1(CC)CC(=O)N([C@@H]2CCOc3ccc(C(=O)N[C@H]4CC(C)(C)Oc5ccc(C#N)cc54)cc32)C(=N)N1. The molecule has 0 unspecified atom stereocenters. The van der Waals surface area contributed by atoms with Crippen LogP contribution >= 0.6 is 0 Å². The molecule has 2 aromatic carbocycles. The molecule has 0 bridgehead atoms. The number of hydrogen-bond donors (Lipinski definition) is 3. The lowest BCUT2D eigenvalue weighted by Gasteiger charge is -2.45. The van der Waals surface area contributed by atoms with Crippen LogP contribution in [-0.4, -0.2) is 40.4 Å². The Balaban J connectivity index is 1.42. The molecule has 3 aliphatic rings. The maximum absolute atomic E-state index is 13.6. The van der Waals surface area contributed by atoms with Crippen molar-refractivity contribution >= 4 is 17.8 Å². The normalized spacial score (nSPS) is 22.8. The van der Waals surface area contributed by atoms with Crippen molar-refractivity contribution in [3.63, 3.8) is 0 Å². The fraction of sp³-hybridized carbons (Fsp3) is 0.467. The van der Waals surface area contributed by atoms with Gasteiger partial charge in [-0.15, -0.1) is 0 Å². The van der Waals surface area contributed by atoms with E-state index in [-0.39, 0.29) is 23.8 Å². The minimum absolute atomic E-state index is 0.0931. The zero-order valence-electron chi connectivity index (χ0n) is 22.9. The van der Waals surface area contributed by atoms with Gasteiger partial charge in [0.1, 0.15) is 17.1 Å². The molecule has 0 saturated carbocycles. The van der Waals surface area contributed by atoms with Gasteiger partial charge in [0.05, 0.1) is 36.7 Å². The van der Waals surface area contributed by atoms with Gasteiger partial charge in [-0.1, -0.05) is 13.8 Å². The molecule has 2 atom stereocenters. The summed E-state index contributed by atoms with van der Waals surface area (Å²) in [5, 5.41) is 24.5. The smallest absolute Gasteiger partial charge is 0.251 e. The molecule has 0 spiro atoms. The Bertz CT molecular complexity index is 1350. The van der Waals surface area contributed by atoms with Crippen LogP contribution in [0, 0.1) is 16.7 Å². The molecule has 1 fully saturated rings. The first-order chi connectivity index (χ1) is 18.6. The van der Waals surface area contributed by atoms with E-state index in [4.69, 9.17) is 14.9 Å². The maximum atomic E-state index is 13.6. The number of nitrogens with zero attached hydrogens (tertiary/aromatic N) is 2. The molecular weight excluding hydrogens is 494 g/mol. The van der Waals surface area contributed by atoms with Crippen molar-refractivity contribution in [1.29, 1.82) is 10.7 Å². The standard InChI is InChI=1S/C30H35N5O4/c1-5-30(6-2)16-26(36)35(28(32)34-30)23-11-12-38-24-10-8-19(14-21(23)24)27(37)33-22-15-29(3,4)39-25-9-7-18(17-31)13-20(22)25/h7-10,13-14,22-23H,5-6,11-12,15-16H2,1-4H3,(H2,32,34)(H,33,37)/t22-,23+/m0/s1. The zero-order valence-corrected chi connectivity index (χ0v) is 22.9. The third-order valence-electron chi connectivity index (χ3n) is 8.23. The lowest BCUT2D eigenvalue weighted by Crippen LogP contribution is -2.62. The molecule has 1 saturated heterocycles. The van der Waals surface area contributed by atoms with Crippen molar-refractivity contribution in [3.8, 4) is 17.6 Å². The van der Waals surface area contributed by atoms with Crippen LogP contribution in [0.3, 0.4) is 0 Å². The summed E-state index contributed by atoms with van der Waals surface area (Å²) in [6.45, 7) is 8.42. The highest BCUT2D eigenvalue weighted by Gasteiger charge is 2.43. The van der Waals surface area contributed by atoms with Crippen LogP contribution in [0.2, 0.25) is 0 Å². The van der Waals surface area contributed by atoms with Crippen molar-refractivity contribution in [2.24, 2.45) is 0 Å². The van der Waals surface area contributed by atoms with Gasteiger partial charge in [0.15, 0.2) is 5.96 Å². The van der Waals surface area contributed by atoms with E-state index >= 15 is 0 Å². The Kier molecular flexibility index (Phi) is 6.75. The van der Waals surface area contributed by atoms with Gasteiger partial charge in [0, 0.05) is 35.1 Å². The van der Waals surface area contributed by atoms with Gasteiger partial charge in [-0.3, -0.25) is 19.9 Å². The van der Waals surface area contributed by atoms with Gasteiger partial charge >= 0.3 is 0 Å². The summed E-state index contributed by atoms with van der Waals surface area (Å²) in [7, 11) is 0. The second-order valence-corrected chi connectivity index (χ2v) is 11.3. The van der Waals surface area contributed by atoms with Crippen LogP contribution in [0.25, 0.3) is 0 Å². The fourth-order valence-electron chi connectivity index (χ4n) is 5.94. The predicted molar refractivity (Wildman–Crippen MR) is 146 cm³/mol. The van der Waals surface area contributed by atoms with E-state index in [0.29, 0.717) is 54.1 Å². The number of guanidine groups is 1. The van der Waals surface area contributed by atoms with Crippen LogP contribution in [0.15, 0.2) is 36.4 Å². The van der Waals surface area contributed by atoms with Crippen LogP contribution in [-0.2, 0) is 4.79 Å². The summed E-state index contributed by atoms with van der Waals surface area (Å²) in [6.07, 6.45) is 2.89. The van der Waals surface area contributed by atoms with Gasteiger partial charge in [-0.05, 0) is 63.1 Å². The topological polar surface area (TPSA) is 128 Å². The summed E-state index contributed by atoms with van der Waals surface area (Å²) < 4.78 is 12.0. The summed E-state index contributed by atoms with van der Waals surface area (Å²) in [5.74, 6) is 0.996. The Morgan fingerprint density at radius 3 is 2.62 bits per heavy atom. The van der Waals surface area contributed by atoms with Crippen LogP contribution < -0.4 is 20.1 Å². The molecule has 9 nitrogen and oxygen atoms in total. The molecule has 204 valence electrons. The lowest BCUT2D eigenvalue weighted by atomic mass is 9.85. The van der Waals surface area contributed by atoms with Crippen molar-refractivity contribution in [2.75, 3.05) is 6.61 Å². The Morgan fingerprint density at radius 2 is 1.92 bits per heavy atom. The van der Waals surface area contributed by atoms with Crippen molar-refractivity contribution in [3.05, 3.63) is 58.7 Å². The molecule has 2 aromatic rings. The zero-order chi connectivity index (χ0) is 27.9. The molecule has 0 radical (unpaired) electrons. The molecule has 2 amide bonds. The van der Waals surface area contributed by atoms with Crippen molar-refractivity contribution in [1.82, 2.24) is 15.5 Å². The minimum Gasteiger partial charge on any atom is -0.493 e. The van der Waals surface area contributed by atoms with E-state index < -0.39 is 17.2 Å². The number of nitriles is 1. The number of amides is 2. The lowest BCUT2D eigenvalue weighted by molar-refractivity contribution is -0.133. The molecule has 3 heterocycles. The monoisotopic (exact) mass is 529 g/mol. The number of ether oxygens (including phenoxy) is 2. The Hall–Kier alpha value is -4.06. The number of carbonyl (C=O) groups is 2. The molecule has 9 heteroatoms.